The fourth-order valence-corrected chi connectivity index (χ4v) is 3.50. The van der Waals surface area contributed by atoms with Crippen molar-refractivity contribution in [1.82, 2.24) is 9.78 Å². The molecule has 1 fully saturated rings. The predicted octanol–water partition coefficient (Wildman–Crippen LogP) is 3.46. The lowest BCUT2D eigenvalue weighted by Crippen LogP contribution is -2.30. The molecule has 2 rings (SSSR count). The van der Waals surface area contributed by atoms with Gasteiger partial charge in [-0.1, -0.05) is 20.8 Å². The maximum absolute atomic E-state index is 6.06. The molecule has 1 aliphatic rings. The lowest BCUT2D eigenvalue weighted by atomic mass is 9.70. The van der Waals surface area contributed by atoms with Crippen LogP contribution in [0.2, 0.25) is 0 Å². The van der Waals surface area contributed by atoms with E-state index < -0.39 is 0 Å². The summed E-state index contributed by atoms with van der Waals surface area (Å²) in [5, 5.41) is 4.42. The van der Waals surface area contributed by atoms with Crippen LogP contribution in [0.4, 0.5) is 5.82 Å². The van der Waals surface area contributed by atoms with Crippen LogP contribution in [0.5, 0.6) is 0 Å². The minimum atomic E-state index is 0.409. The van der Waals surface area contributed by atoms with Crippen LogP contribution < -0.4 is 5.73 Å². The number of halogens is 1. The van der Waals surface area contributed by atoms with Gasteiger partial charge in [-0.15, -0.1) is 0 Å². The van der Waals surface area contributed by atoms with Crippen molar-refractivity contribution in [2.75, 3.05) is 5.73 Å². The smallest absolute Gasteiger partial charge is 0.135 e. The predicted molar refractivity (Wildman–Crippen MR) is 75.2 cm³/mol. The number of hydrogen-bond donors (Lipinski definition) is 1. The molecular weight excluding hydrogens is 313 g/mol. The molecule has 3 nitrogen and oxygen atoms in total. The Morgan fingerprint density at radius 3 is 2.69 bits per heavy atom. The molecule has 1 saturated carbocycles. The van der Waals surface area contributed by atoms with E-state index >= 15 is 0 Å². The van der Waals surface area contributed by atoms with E-state index in [-0.39, 0.29) is 0 Å². The van der Waals surface area contributed by atoms with E-state index in [1.807, 2.05) is 10.9 Å². The SMILES string of the molecule is CC1CC(n2ncc(I)c2N)CC(C)(C)C1. The van der Waals surface area contributed by atoms with E-state index in [4.69, 9.17) is 5.73 Å². The normalized spacial score (nSPS) is 29.2. The zero-order chi connectivity index (χ0) is 11.9. The summed E-state index contributed by atoms with van der Waals surface area (Å²) in [7, 11) is 0. The van der Waals surface area contributed by atoms with Gasteiger partial charge in [-0.3, -0.25) is 0 Å². The summed E-state index contributed by atoms with van der Waals surface area (Å²) in [6.07, 6.45) is 5.55. The minimum Gasteiger partial charge on any atom is -0.383 e. The zero-order valence-corrected chi connectivity index (χ0v) is 12.4. The van der Waals surface area contributed by atoms with Crippen LogP contribution in [0.25, 0.3) is 0 Å². The third kappa shape index (κ3) is 2.36. The van der Waals surface area contributed by atoms with E-state index in [9.17, 15) is 0 Å². The van der Waals surface area contributed by atoms with Gasteiger partial charge in [-0.05, 0) is 53.2 Å². The third-order valence-corrected chi connectivity index (χ3v) is 4.33. The summed E-state index contributed by atoms with van der Waals surface area (Å²) in [5.41, 5.74) is 6.47. The molecule has 2 N–H and O–H groups in total. The van der Waals surface area contributed by atoms with Gasteiger partial charge >= 0.3 is 0 Å². The second kappa shape index (κ2) is 4.20. The maximum Gasteiger partial charge on any atom is 0.135 e. The molecule has 1 aromatic heterocycles. The molecule has 1 heterocycles. The number of nitrogens with zero attached hydrogens (tertiary/aromatic N) is 2. The van der Waals surface area contributed by atoms with Gasteiger partial charge in [0, 0.05) is 0 Å². The van der Waals surface area contributed by atoms with Gasteiger partial charge in [0.2, 0.25) is 0 Å². The maximum atomic E-state index is 6.06. The largest absolute Gasteiger partial charge is 0.383 e. The van der Waals surface area contributed by atoms with E-state index in [2.05, 4.69) is 48.5 Å². The van der Waals surface area contributed by atoms with Crippen molar-refractivity contribution in [3.63, 3.8) is 0 Å². The third-order valence-electron chi connectivity index (χ3n) is 3.50. The van der Waals surface area contributed by atoms with Gasteiger partial charge in [0.05, 0.1) is 15.8 Å². The molecule has 2 unspecified atom stereocenters. The van der Waals surface area contributed by atoms with Gasteiger partial charge in [0.25, 0.3) is 0 Å². The highest BCUT2D eigenvalue weighted by molar-refractivity contribution is 14.1. The molecule has 1 aliphatic carbocycles. The van der Waals surface area contributed by atoms with Crippen molar-refractivity contribution in [1.29, 1.82) is 0 Å². The molecular formula is C12H20IN3. The first-order valence-electron chi connectivity index (χ1n) is 5.87. The number of aromatic nitrogens is 2. The molecule has 90 valence electrons. The fraction of sp³-hybridized carbons (Fsp3) is 0.750. The van der Waals surface area contributed by atoms with Crippen molar-refractivity contribution < 1.29 is 0 Å². The quantitative estimate of drug-likeness (QED) is 0.800. The number of rotatable bonds is 1. The zero-order valence-electron chi connectivity index (χ0n) is 10.2. The summed E-state index contributed by atoms with van der Waals surface area (Å²) < 4.78 is 3.09. The van der Waals surface area contributed by atoms with Crippen molar-refractivity contribution in [3.05, 3.63) is 9.77 Å². The first-order chi connectivity index (χ1) is 7.39. The number of nitrogen functional groups attached to an aromatic ring is 1. The molecule has 16 heavy (non-hydrogen) atoms. The van der Waals surface area contributed by atoms with E-state index in [1.165, 1.54) is 19.3 Å². The summed E-state index contributed by atoms with van der Waals surface area (Å²) in [6.45, 7) is 7.03. The molecule has 4 heteroatoms. The van der Waals surface area contributed by atoms with Crippen LogP contribution >= 0.6 is 22.6 Å². The average Bonchev–Trinajstić information content (AvgIpc) is 2.44. The highest BCUT2D eigenvalue weighted by atomic mass is 127. The van der Waals surface area contributed by atoms with Gasteiger partial charge in [-0.25, -0.2) is 4.68 Å². The fourth-order valence-electron chi connectivity index (χ4n) is 3.12. The summed E-state index contributed by atoms with van der Waals surface area (Å²) in [4.78, 5) is 0. The highest BCUT2D eigenvalue weighted by Gasteiger charge is 2.34. The second-order valence-electron chi connectivity index (χ2n) is 5.89. The van der Waals surface area contributed by atoms with Crippen molar-refractivity contribution >= 4 is 28.4 Å². The Kier molecular flexibility index (Phi) is 3.20. The second-order valence-corrected chi connectivity index (χ2v) is 7.05. The molecule has 0 bridgehead atoms. The van der Waals surface area contributed by atoms with Gasteiger partial charge in [0.1, 0.15) is 5.82 Å². The van der Waals surface area contributed by atoms with Gasteiger partial charge < -0.3 is 5.73 Å². The molecule has 1 aromatic rings. The lowest BCUT2D eigenvalue weighted by Gasteiger charge is -2.39. The Morgan fingerprint density at radius 2 is 2.19 bits per heavy atom. The minimum absolute atomic E-state index is 0.409. The van der Waals surface area contributed by atoms with Crippen LogP contribution in [0.15, 0.2) is 6.20 Å². The standard InChI is InChI=1S/C12H20IN3/c1-8-4-9(6-12(2,3)5-8)16-11(14)10(13)7-15-16/h7-9H,4-6,14H2,1-3H3. The van der Waals surface area contributed by atoms with Crippen molar-refractivity contribution in [3.8, 4) is 0 Å². The van der Waals surface area contributed by atoms with Gasteiger partial charge in [-0.2, -0.15) is 5.10 Å². The van der Waals surface area contributed by atoms with Crippen LogP contribution in [0, 0.1) is 14.9 Å². The van der Waals surface area contributed by atoms with E-state index in [1.54, 1.807) is 0 Å². The Bertz CT molecular complexity index is 384. The Morgan fingerprint density at radius 1 is 1.50 bits per heavy atom. The van der Waals surface area contributed by atoms with Gasteiger partial charge in [0.15, 0.2) is 0 Å². The molecule has 0 aromatic carbocycles. The Labute approximate surface area is 111 Å². The summed E-state index contributed by atoms with van der Waals surface area (Å²) in [6, 6.07) is 0.474. The number of anilines is 1. The monoisotopic (exact) mass is 333 g/mol. The average molecular weight is 333 g/mol. The molecule has 0 saturated heterocycles. The van der Waals surface area contributed by atoms with E-state index in [0.29, 0.717) is 11.5 Å². The summed E-state index contributed by atoms with van der Waals surface area (Å²) >= 11 is 2.25. The first-order valence-corrected chi connectivity index (χ1v) is 6.95. The van der Waals surface area contributed by atoms with E-state index in [0.717, 1.165) is 15.3 Å². The lowest BCUT2D eigenvalue weighted by molar-refractivity contribution is 0.131. The topological polar surface area (TPSA) is 43.8 Å². The molecule has 0 amide bonds. The molecule has 0 aliphatic heterocycles. The van der Waals surface area contributed by atoms with Crippen LogP contribution in [0.1, 0.15) is 46.1 Å². The number of nitrogens with two attached hydrogens (primary N) is 1. The molecule has 0 radical (unpaired) electrons. The van der Waals surface area contributed by atoms with Crippen LogP contribution in [0.3, 0.4) is 0 Å². The summed E-state index contributed by atoms with van der Waals surface area (Å²) in [5.74, 6) is 1.59. The van der Waals surface area contributed by atoms with Crippen LogP contribution in [-0.2, 0) is 0 Å². The molecule has 2 atom stereocenters. The molecule has 0 spiro atoms. The Hall–Kier alpha value is -0.260. The highest BCUT2D eigenvalue weighted by Crippen LogP contribution is 2.44. The van der Waals surface area contributed by atoms with Crippen molar-refractivity contribution in [2.45, 2.75) is 46.1 Å². The first kappa shape index (κ1) is 12.2. The van der Waals surface area contributed by atoms with Crippen molar-refractivity contribution in [2.24, 2.45) is 11.3 Å². The van der Waals surface area contributed by atoms with Crippen LogP contribution in [-0.4, -0.2) is 9.78 Å². The Balaban J connectivity index is 2.24. The number of hydrogen-bond acceptors (Lipinski definition) is 2.